The van der Waals surface area contributed by atoms with Gasteiger partial charge in [0, 0.05) is 0 Å². The Hall–Kier alpha value is -1.82. The molecule has 2 aromatic rings. The maximum Gasteiger partial charge on any atom is -0.0184 e. The van der Waals surface area contributed by atoms with Gasteiger partial charge in [-0.1, -0.05) is 66.2 Å². The van der Waals surface area contributed by atoms with Crippen LogP contribution in [0.5, 0.6) is 0 Å². The van der Waals surface area contributed by atoms with Gasteiger partial charge in [-0.2, -0.15) is 0 Å². The quantitative estimate of drug-likeness (QED) is 0.642. The molecule has 0 heteroatoms. The Morgan fingerprint density at radius 1 is 0.833 bits per heavy atom. The first-order chi connectivity index (χ1) is 8.79. The summed E-state index contributed by atoms with van der Waals surface area (Å²) in [4.78, 5) is 0. The van der Waals surface area contributed by atoms with Crippen molar-refractivity contribution in [3.63, 3.8) is 0 Å². The van der Waals surface area contributed by atoms with Crippen molar-refractivity contribution in [3.05, 3.63) is 71.8 Å². The summed E-state index contributed by atoms with van der Waals surface area (Å²) in [6, 6.07) is 17.6. The molecular formula is C18H20. The third kappa shape index (κ3) is 3.33. The van der Waals surface area contributed by atoms with Gasteiger partial charge >= 0.3 is 0 Å². The monoisotopic (exact) mass is 236 g/mol. The minimum atomic E-state index is 1.12. The van der Waals surface area contributed by atoms with Gasteiger partial charge in [-0.25, -0.2) is 0 Å². The van der Waals surface area contributed by atoms with Gasteiger partial charge in [0.25, 0.3) is 0 Å². The van der Waals surface area contributed by atoms with E-state index in [4.69, 9.17) is 0 Å². The predicted molar refractivity (Wildman–Crippen MR) is 79.8 cm³/mol. The van der Waals surface area contributed by atoms with Crippen LogP contribution in [0.1, 0.15) is 24.5 Å². The van der Waals surface area contributed by atoms with E-state index in [1.54, 1.807) is 0 Å². The van der Waals surface area contributed by atoms with Crippen LogP contribution in [0.2, 0.25) is 0 Å². The number of rotatable bonds is 4. The van der Waals surface area contributed by atoms with Crippen molar-refractivity contribution < 1.29 is 0 Å². The van der Waals surface area contributed by atoms with E-state index >= 15 is 0 Å². The van der Waals surface area contributed by atoms with Crippen LogP contribution in [0.4, 0.5) is 0 Å². The predicted octanol–water partition coefficient (Wildman–Crippen LogP) is 5.17. The standard InChI is InChI=1S/C18H20/c1-3-4-5-6-16-9-13-18(14-10-16)17-11-7-15(2)8-12-17/h3-4,7-14H,5-6H2,1-2H3/b4-3-. The van der Waals surface area contributed by atoms with E-state index in [1.165, 1.54) is 22.3 Å². The maximum absolute atomic E-state index is 2.23. The molecule has 0 aromatic heterocycles. The lowest BCUT2D eigenvalue weighted by Crippen LogP contribution is -1.84. The minimum Gasteiger partial charge on any atom is -0.0917 e. The summed E-state index contributed by atoms with van der Waals surface area (Å²) in [5, 5.41) is 0. The Labute approximate surface area is 110 Å². The highest BCUT2D eigenvalue weighted by Gasteiger charge is 1.97. The highest BCUT2D eigenvalue weighted by atomic mass is 14.0. The van der Waals surface area contributed by atoms with Crippen LogP contribution in [-0.4, -0.2) is 0 Å². The van der Waals surface area contributed by atoms with Crippen LogP contribution >= 0.6 is 0 Å². The number of aryl methyl sites for hydroxylation is 2. The van der Waals surface area contributed by atoms with E-state index in [-0.39, 0.29) is 0 Å². The number of allylic oxidation sites excluding steroid dienone is 2. The van der Waals surface area contributed by atoms with Crippen molar-refractivity contribution in [2.24, 2.45) is 0 Å². The molecule has 2 aromatic carbocycles. The van der Waals surface area contributed by atoms with Crippen molar-refractivity contribution >= 4 is 0 Å². The lowest BCUT2D eigenvalue weighted by Gasteiger charge is -2.04. The van der Waals surface area contributed by atoms with E-state index in [9.17, 15) is 0 Å². The average Bonchev–Trinajstić information content (AvgIpc) is 2.41. The third-order valence-corrected chi connectivity index (χ3v) is 3.17. The Kier molecular flexibility index (Phi) is 4.35. The smallest absolute Gasteiger partial charge is 0.0184 e. The lowest BCUT2D eigenvalue weighted by atomic mass is 10.0. The molecule has 0 bridgehead atoms. The van der Waals surface area contributed by atoms with E-state index < -0.39 is 0 Å². The van der Waals surface area contributed by atoms with Gasteiger partial charge in [-0.3, -0.25) is 0 Å². The molecule has 0 aliphatic rings. The second-order valence-electron chi connectivity index (χ2n) is 4.67. The number of benzene rings is 2. The summed E-state index contributed by atoms with van der Waals surface area (Å²) in [7, 11) is 0. The molecule has 0 fully saturated rings. The van der Waals surface area contributed by atoms with E-state index in [2.05, 4.69) is 74.5 Å². The molecule has 0 spiro atoms. The Morgan fingerprint density at radius 2 is 1.39 bits per heavy atom. The van der Waals surface area contributed by atoms with Gasteiger partial charge in [0.2, 0.25) is 0 Å². The molecule has 0 N–H and O–H groups in total. The fraction of sp³-hybridized carbons (Fsp3) is 0.222. The Bertz CT molecular complexity index is 501. The second-order valence-corrected chi connectivity index (χ2v) is 4.67. The zero-order chi connectivity index (χ0) is 12.8. The van der Waals surface area contributed by atoms with E-state index in [1.807, 2.05) is 0 Å². The molecule has 0 atom stereocenters. The first kappa shape index (κ1) is 12.6. The van der Waals surface area contributed by atoms with Gasteiger partial charge in [0.15, 0.2) is 0 Å². The number of hydrogen-bond acceptors (Lipinski definition) is 0. The summed E-state index contributed by atoms with van der Waals surface area (Å²) in [5.41, 5.74) is 5.30. The normalized spacial score (nSPS) is 11.0. The SMILES string of the molecule is C/C=C\CCc1ccc(-c2ccc(C)cc2)cc1. The number of hydrogen-bond donors (Lipinski definition) is 0. The van der Waals surface area contributed by atoms with E-state index in [0.717, 1.165) is 12.8 Å². The van der Waals surface area contributed by atoms with Crippen LogP contribution in [-0.2, 0) is 6.42 Å². The highest BCUT2D eigenvalue weighted by Crippen LogP contribution is 2.20. The molecule has 0 unspecified atom stereocenters. The van der Waals surface area contributed by atoms with Crippen molar-refractivity contribution in [1.82, 2.24) is 0 Å². The van der Waals surface area contributed by atoms with Crippen molar-refractivity contribution in [2.75, 3.05) is 0 Å². The summed E-state index contributed by atoms with van der Waals surface area (Å²) >= 11 is 0. The first-order valence-electron chi connectivity index (χ1n) is 6.57. The molecule has 0 heterocycles. The van der Waals surface area contributed by atoms with Crippen LogP contribution < -0.4 is 0 Å². The molecule has 92 valence electrons. The zero-order valence-electron chi connectivity index (χ0n) is 11.2. The lowest BCUT2D eigenvalue weighted by molar-refractivity contribution is 1.000. The first-order valence-corrected chi connectivity index (χ1v) is 6.57. The summed E-state index contributed by atoms with van der Waals surface area (Å²) < 4.78 is 0. The van der Waals surface area contributed by atoms with Gasteiger partial charge < -0.3 is 0 Å². The Balaban J connectivity index is 2.09. The van der Waals surface area contributed by atoms with Gasteiger partial charge in [0.05, 0.1) is 0 Å². The molecule has 0 radical (unpaired) electrons. The van der Waals surface area contributed by atoms with Crippen LogP contribution in [0.3, 0.4) is 0 Å². The molecule has 0 aliphatic heterocycles. The molecule has 0 amide bonds. The van der Waals surface area contributed by atoms with Gasteiger partial charge in [-0.15, -0.1) is 0 Å². The summed E-state index contributed by atoms with van der Waals surface area (Å²) in [5.74, 6) is 0. The largest absolute Gasteiger partial charge is 0.0917 e. The zero-order valence-corrected chi connectivity index (χ0v) is 11.2. The van der Waals surface area contributed by atoms with Gasteiger partial charge in [-0.05, 0) is 43.4 Å². The summed E-state index contributed by atoms with van der Waals surface area (Å²) in [6.07, 6.45) is 6.58. The van der Waals surface area contributed by atoms with Crippen LogP contribution in [0, 0.1) is 6.92 Å². The van der Waals surface area contributed by atoms with Gasteiger partial charge in [0.1, 0.15) is 0 Å². The summed E-state index contributed by atoms with van der Waals surface area (Å²) in [6.45, 7) is 4.19. The Morgan fingerprint density at radius 3 is 1.94 bits per heavy atom. The van der Waals surface area contributed by atoms with Crippen molar-refractivity contribution in [3.8, 4) is 11.1 Å². The molecule has 18 heavy (non-hydrogen) atoms. The molecular weight excluding hydrogens is 216 g/mol. The second kappa shape index (κ2) is 6.20. The van der Waals surface area contributed by atoms with Crippen molar-refractivity contribution in [1.29, 1.82) is 0 Å². The maximum atomic E-state index is 2.23. The van der Waals surface area contributed by atoms with E-state index in [0.29, 0.717) is 0 Å². The van der Waals surface area contributed by atoms with Crippen molar-refractivity contribution in [2.45, 2.75) is 26.7 Å². The minimum absolute atomic E-state index is 1.12. The fourth-order valence-electron chi connectivity index (χ4n) is 2.03. The van der Waals surface area contributed by atoms with Crippen LogP contribution in [0.25, 0.3) is 11.1 Å². The topological polar surface area (TPSA) is 0 Å². The third-order valence-electron chi connectivity index (χ3n) is 3.17. The molecule has 0 nitrogen and oxygen atoms in total. The van der Waals surface area contributed by atoms with Crippen LogP contribution in [0.15, 0.2) is 60.7 Å². The average molecular weight is 236 g/mol. The molecule has 0 aliphatic carbocycles. The highest BCUT2D eigenvalue weighted by molar-refractivity contribution is 5.63. The molecule has 2 rings (SSSR count). The molecule has 0 saturated carbocycles. The molecule has 0 saturated heterocycles. The fourth-order valence-corrected chi connectivity index (χ4v) is 2.03.